The molecule has 1 fully saturated rings. The van der Waals surface area contributed by atoms with Crippen molar-refractivity contribution in [2.45, 2.75) is 33.2 Å². The van der Waals surface area contributed by atoms with Crippen LogP contribution in [0, 0.1) is 11.3 Å². The van der Waals surface area contributed by atoms with Gasteiger partial charge in [-0.15, -0.1) is 0 Å². The molecule has 1 aliphatic heterocycles. The van der Waals surface area contributed by atoms with Gasteiger partial charge in [-0.1, -0.05) is 13.8 Å². The monoisotopic (exact) mass is 229 g/mol. The third kappa shape index (κ3) is 2.35. The molecule has 92 valence electrons. The lowest BCUT2D eigenvalue weighted by Gasteiger charge is -2.26. The van der Waals surface area contributed by atoms with Crippen LogP contribution in [0.25, 0.3) is 0 Å². The van der Waals surface area contributed by atoms with Gasteiger partial charge < -0.3 is 15.2 Å². The summed E-state index contributed by atoms with van der Waals surface area (Å²) in [6, 6.07) is -0.438. The summed E-state index contributed by atoms with van der Waals surface area (Å²) in [4.78, 5) is 22.8. The van der Waals surface area contributed by atoms with E-state index in [-0.39, 0.29) is 25.0 Å². The Hall–Kier alpha value is -1.10. The second-order valence-corrected chi connectivity index (χ2v) is 4.61. The highest BCUT2D eigenvalue weighted by molar-refractivity contribution is 5.81. The van der Waals surface area contributed by atoms with E-state index in [1.54, 1.807) is 6.92 Å². The third-order valence-electron chi connectivity index (χ3n) is 3.32. The molecule has 0 aromatic carbocycles. The van der Waals surface area contributed by atoms with Crippen LogP contribution in [0.1, 0.15) is 27.2 Å². The average Bonchev–Trinajstić information content (AvgIpc) is 2.60. The number of hydrogen-bond donors (Lipinski definition) is 2. The van der Waals surface area contributed by atoms with Crippen molar-refractivity contribution in [1.29, 1.82) is 0 Å². The van der Waals surface area contributed by atoms with Gasteiger partial charge in [-0.25, -0.2) is 0 Å². The van der Waals surface area contributed by atoms with Gasteiger partial charge in [-0.3, -0.25) is 9.59 Å². The minimum atomic E-state index is -1.01. The molecule has 5 heteroatoms. The van der Waals surface area contributed by atoms with E-state index in [9.17, 15) is 9.59 Å². The molecule has 2 N–H and O–H groups in total. The first-order valence-corrected chi connectivity index (χ1v) is 5.53. The third-order valence-corrected chi connectivity index (χ3v) is 3.32. The summed E-state index contributed by atoms with van der Waals surface area (Å²) in [6.45, 7) is 5.76. The smallest absolute Gasteiger partial charge is 0.313 e. The Bertz CT molecular complexity index is 292. The number of hydrogen-bond acceptors (Lipinski definition) is 3. The fourth-order valence-corrected chi connectivity index (χ4v) is 1.58. The van der Waals surface area contributed by atoms with Crippen LogP contribution < -0.4 is 5.32 Å². The maximum absolute atomic E-state index is 11.7. The molecule has 1 rings (SSSR count). The number of rotatable bonds is 4. The summed E-state index contributed by atoms with van der Waals surface area (Å²) in [6.07, 6.45) is 0.739. The number of nitrogens with one attached hydrogen (secondary N) is 1. The van der Waals surface area contributed by atoms with Gasteiger partial charge in [-0.2, -0.15) is 0 Å². The standard InChI is InChI=1S/C11H19NO4/c1-4-7(2)9(13)12-8-5-16-6-11(8,3)10(14)15/h7-8H,4-6H2,1-3H3,(H,12,13)(H,14,15). The quantitative estimate of drug-likeness (QED) is 0.741. The second-order valence-electron chi connectivity index (χ2n) is 4.61. The van der Waals surface area contributed by atoms with Crippen LogP contribution in [0.4, 0.5) is 0 Å². The normalized spacial score (nSPS) is 31.1. The summed E-state index contributed by atoms with van der Waals surface area (Å²) >= 11 is 0. The van der Waals surface area contributed by atoms with Gasteiger partial charge in [0, 0.05) is 5.92 Å². The van der Waals surface area contributed by atoms with E-state index in [4.69, 9.17) is 9.84 Å². The Balaban J connectivity index is 2.67. The van der Waals surface area contributed by atoms with Gasteiger partial charge >= 0.3 is 5.97 Å². The first-order valence-electron chi connectivity index (χ1n) is 5.53. The number of aliphatic carboxylic acids is 1. The van der Waals surface area contributed by atoms with Crippen LogP contribution in [0.5, 0.6) is 0 Å². The molecule has 16 heavy (non-hydrogen) atoms. The lowest BCUT2D eigenvalue weighted by atomic mass is 9.85. The van der Waals surface area contributed by atoms with Crippen LogP contribution in [0.3, 0.4) is 0 Å². The molecule has 0 spiro atoms. The number of carbonyl (C=O) groups excluding carboxylic acids is 1. The highest BCUT2D eigenvalue weighted by Gasteiger charge is 2.47. The number of amides is 1. The molecule has 0 aliphatic carbocycles. The summed E-state index contributed by atoms with van der Waals surface area (Å²) in [5.41, 5.74) is -1.01. The van der Waals surface area contributed by atoms with E-state index in [0.717, 1.165) is 6.42 Å². The van der Waals surface area contributed by atoms with E-state index in [0.29, 0.717) is 0 Å². The first kappa shape index (κ1) is 13.0. The Morgan fingerprint density at radius 3 is 2.75 bits per heavy atom. The molecular formula is C11H19NO4. The topological polar surface area (TPSA) is 75.6 Å². The number of ether oxygens (including phenoxy) is 1. The fraction of sp³-hybridized carbons (Fsp3) is 0.818. The molecule has 5 nitrogen and oxygen atoms in total. The predicted octanol–water partition coefficient (Wildman–Crippen LogP) is 0.638. The zero-order valence-electron chi connectivity index (χ0n) is 9.95. The summed E-state index contributed by atoms with van der Waals surface area (Å²) < 4.78 is 5.15. The van der Waals surface area contributed by atoms with Crippen LogP contribution in [0.2, 0.25) is 0 Å². The van der Waals surface area contributed by atoms with E-state index < -0.39 is 17.4 Å². The van der Waals surface area contributed by atoms with Crippen molar-refractivity contribution in [1.82, 2.24) is 5.32 Å². The van der Waals surface area contributed by atoms with E-state index in [1.165, 1.54) is 0 Å². The van der Waals surface area contributed by atoms with Gasteiger partial charge in [0.05, 0.1) is 19.3 Å². The fourth-order valence-electron chi connectivity index (χ4n) is 1.58. The average molecular weight is 229 g/mol. The van der Waals surface area contributed by atoms with Crippen LogP contribution in [0.15, 0.2) is 0 Å². The SMILES string of the molecule is CCC(C)C(=O)NC1COCC1(C)C(=O)O. The lowest BCUT2D eigenvalue weighted by molar-refractivity contribution is -0.149. The Kier molecular flexibility index (Phi) is 3.91. The van der Waals surface area contributed by atoms with Gasteiger partial charge in [-0.05, 0) is 13.3 Å². The molecule has 1 aliphatic rings. The van der Waals surface area contributed by atoms with E-state index in [1.807, 2.05) is 13.8 Å². The molecular weight excluding hydrogens is 210 g/mol. The van der Waals surface area contributed by atoms with Crippen molar-refractivity contribution in [2.24, 2.45) is 11.3 Å². The Morgan fingerprint density at radius 2 is 2.25 bits per heavy atom. The summed E-state index contributed by atoms with van der Waals surface area (Å²) in [5, 5.41) is 11.9. The lowest BCUT2D eigenvalue weighted by Crippen LogP contribution is -2.50. The molecule has 1 heterocycles. The van der Waals surface area contributed by atoms with Gasteiger partial charge in [0.2, 0.25) is 5.91 Å². The van der Waals surface area contributed by atoms with E-state index >= 15 is 0 Å². The first-order chi connectivity index (χ1) is 7.41. The van der Waals surface area contributed by atoms with Gasteiger partial charge in [0.25, 0.3) is 0 Å². The molecule has 0 radical (unpaired) electrons. The highest BCUT2D eigenvalue weighted by atomic mass is 16.5. The van der Waals surface area contributed by atoms with E-state index in [2.05, 4.69) is 5.32 Å². The highest BCUT2D eigenvalue weighted by Crippen LogP contribution is 2.28. The van der Waals surface area contributed by atoms with Crippen molar-refractivity contribution in [2.75, 3.05) is 13.2 Å². The van der Waals surface area contributed by atoms with Crippen molar-refractivity contribution in [3.05, 3.63) is 0 Å². The Morgan fingerprint density at radius 1 is 1.62 bits per heavy atom. The molecule has 1 amide bonds. The van der Waals surface area contributed by atoms with Crippen molar-refractivity contribution >= 4 is 11.9 Å². The molecule has 3 atom stereocenters. The maximum atomic E-state index is 11.7. The van der Waals surface area contributed by atoms with Crippen LogP contribution >= 0.6 is 0 Å². The van der Waals surface area contributed by atoms with Crippen molar-refractivity contribution in [3.8, 4) is 0 Å². The Labute approximate surface area is 95.2 Å². The number of carboxylic acids is 1. The zero-order valence-corrected chi connectivity index (χ0v) is 9.95. The number of carbonyl (C=O) groups is 2. The molecule has 3 unspecified atom stereocenters. The summed E-state index contributed by atoms with van der Waals surface area (Å²) in [5.74, 6) is -1.14. The molecule has 1 saturated heterocycles. The predicted molar refractivity (Wildman–Crippen MR) is 57.9 cm³/mol. The van der Waals surface area contributed by atoms with Crippen molar-refractivity contribution in [3.63, 3.8) is 0 Å². The minimum Gasteiger partial charge on any atom is -0.481 e. The summed E-state index contributed by atoms with van der Waals surface area (Å²) in [7, 11) is 0. The molecule has 0 aromatic rings. The van der Waals surface area contributed by atoms with Crippen LogP contribution in [-0.4, -0.2) is 36.2 Å². The molecule has 0 bridgehead atoms. The zero-order chi connectivity index (χ0) is 12.3. The van der Waals surface area contributed by atoms with Gasteiger partial charge in [0.15, 0.2) is 0 Å². The molecule has 0 saturated carbocycles. The van der Waals surface area contributed by atoms with Crippen molar-refractivity contribution < 1.29 is 19.4 Å². The van der Waals surface area contributed by atoms with Crippen LogP contribution in [-0.2, 0) is 14.3 Å². The second kappa shape index (κ2) is 4.82. The number of carboxylic acid groups (broad SMARTS) is 1. The maximum Gasteiger partial charge on any atom is 0.313 e. The molecule has 0 aromatic heterocycles. The van der Waals surface area contributed by atoms with Gasteiger partial charge in [0.1, 0.15) is 5.41 Å². The largest absolute Gasteiger partial charge is 0.481 e. The minimum absolute atomic E-state index is 0.0985.